The first-order valence-electron chi connectivity index (χ1n) is 7.94. The maximum atomic E-state index is 12.9. The molecule has 0 aliphatic carbocycles. The topological polar surface area (TPSA) is 58.6 Å². The molecule has 0 spiro atoms. The SMILES string of the molecule is CCOCCN1C(=O)C(C(C)(C)C)NC(=O)C1(CC)CC. The van der Waals surface area contributed by atoms with Gasteiger partial charge in [0.15, 0.2) is 0 Å². The zero-order chi connectivity index (χ0) is 16.3. The van der Waals surface area contributed by atoms with Crippen molar-refractivity contribution in [2.45, 2.75) is 66.0 Å². The lowest BCUT2D eigenvalue weighted by molar-refractivity contribution is -0.162. The number of amides is 2. The molecule has 0 aromatic rings. The van der Waals surface area contributed by atoms with Gasteiger partial charge in [-0.1, -0.05) is 34.6 Å². The Morgan fingerprint density at radius 3 is 2.19 bits per heavy atom. The molecule has 1 saturated heterocycles. The number of rotatable bonds is 6. The maximum absolute atomic E-state index is 12.9. The Kier molecular flexibility index (Phi) is 5.79. The van der Waals surface area contributed by atoms with Crippen molar-refractivity contribution in [3.05, 3.63) is 0 Å². The third kappa shape index (κ3) is 3.39. The zero-order valence-electron chi connectivity index (χ0n) is 14.3. The average molecular weight is 298 g/mol. The van der Waals surface area contributed by atoms with E-state index in [1.807, 2.05) is 41.5 Å². The van der Waals surface area contributed by atoms with Crippen molar-refractivity contribution in [3.8, 4) is 0 Å². The summed E-state index contributed by atoms with van der Waals surface area (Å²) >= 11 is 0. The maximum Gasteiger partial charge on any atom is 0.246 e. The molecular formula is C16H30N2O3. The highest BCUT2D eigenvalue weighted by atomic mass is 16.5. The smallest absolute Gasteiger partial charge is 0.246 e. The third-order valence-electron chi connectivity index (χ3n) is 4.43. The van der Waals surface area contributed by atoms with Gasteiger partial charge in [0.1, 0.15) is 11.6 Å². The third-order valence-corrected chi connectivity index (χ3v) is 4.43. The number of piperazine rings is 1. The molecule has 1 aliphatic rings. The van der Waals surface area contributed by atoms with Crippen LogP contribution in [0.3, 0.4) is 0 Å². The molecule has 0 saturated carbocycles. The van der Waals surface area contributed by atoms with Crippen LogP contribution in [0.25, 0.3) is 0 Å². The molecule has 1 rings (SSSR count). The van der Waals surface area contributed by atoms with Crippen molar-refractivity contribution in [3.63, 3.8) is 0 Å². The van der Waals surface area contributed by atoms with E-state index in [0.717, 1.165) is 0 Å². The van der Waals surface area contributed by atoms with Crippen LogP contribution >= 0.6 is 0 Å². The Hall–Kier alpha value is -1.10. The van der Waals surface area contributed by atoms with Gasteiger partial charge in [-0.25, -0.2) is 0 Å². The fraction of sp³-hybridized carbons (Fsp3) is 0.875. The van der Waals surface area contributed by atoms with Crippen molar-refractivity contribution >= 4 is 11.8 Å². The first-order valence-corrected chi connectivity index (χ1v) is 7.94. The molecule has 5 heteroatoms. The van der Waals surface area contributed by atoms with Gasteiger partial charge in [-0.2, -0.15) is 0 Å². The average Bonchev–Trinajstić information content (AvgIpc) is 2.42. The van der Waals surface area contributed by atoms with Crippen LogP contribution in [0.5, 0.6) is 0 Å². The molecule has 0 aromatic heterocycles. The van der Waals surface area contributed by atoms with E-state index in [1.165, 1.54) is 0 Å². The first-order chi connectivity index (χ1) is 9.74. The molecule has 1 heterocycles. The lowest BCUT2D eigenvalue weighted by Crippen LogP contribution is -2.72. The normalized spacial score (nSPS) is 22.4. The van der Waals surface area contributed by atoms with Crippen LogP contribution in [-0.2, 0) is 14.3 Å². The summed E-state index contributed by atoms with van der Waals surface area (Å²) in [6, 6.07) is -0.474. The van der Waals surface area contributed by atoms with Gasteiger partial charge in [0.05, 0.1) is 6.61 Å². The lowest BCUT2D eigenvalue weighted by Gasteiger charge is -2.50. The van der Waals surface area contributed by atoms with Crippen molar-refractivity contribution in [1.29, 1.82) is 0 Å². The standard InChI is InChI=1S/C16H30N2O3/c1-7-16(8-2)14(20)17-12(15(4,5)6)13(19)18(16)10-11-21-9-3/h12H,7-11H2,1-6H3,(H,17,20). The summed E-state index contributed by atoms with van der Waals surface area (Å²) in [4.78, 5) is 27.3. The number of nitrogens with zero attached hydrogens (tertiary/aromatic N) is 1. The summed E-state index contributed by atoms with van der Waals surface area (Å²) in [7, 11) is 0. The van der Waals surface area contributed by atoms with Crippen LogP contribution < -0.4 is 5.32 Å². The molecule has 21 heavy (non-hydrogen) atoms. The number of carbonyl (C=O) groups excluding carboxylic acids is 2. The van der Waals surface area contributed by atoms with E-state index in [2.05, 4.69) is 5.32 Å². The second-order valence-corrected chi connectivity index (χ2v) is 6.70. The highest BCUT2D eigenvalue weighted by molar-refractivity contribution is 6.00. The van der Waals surface area contributed by atoms with E-state index in [-0.39, 0.29) is 17.2 Å². The van der Waals surface area contributed by atoms with Crippen molar-refractivity contribution in [1.82, 2.24) is 10.2 Å². The molecule has 1 fully saturated rings. The Bertz CT molecular complexity index is 383. The zero-order valence-corrected chi connectivity index (χ0v) is 14.3. The molecule has 122 valence electrons. The molecular weight excluding hydrogens is 268 g/mol. The van der Waals surface area contributed by atoms with Crippen molar-refractivity contribution in [2.75, 3.05) is 19.8 Å². The molecule has 0 radical (unpaired) electrons. The highest BCUT2D eigenvalue weighted by Crippen LogP contribution is 2.33. The van der Waals surface area contributed by atoms with Gasteiger partial charge in [-0.05, 0) is 25.2 Å². The van der Waals surface area contributed by atoms with E-state index in [9.17, 15) is 9.59 Å². The summed E-state index contributed by atoms with van der Waals surface area (Å²) < 4.78 is 5.40. The van der Waals surface area contributed by atoms with Gasteiger partial charge < -0.3 is 15.0 Å². The molecule has 5 nitrogen and oxygen atoms in total. The van der Waals surface area contributed by atoms with Crippen LogP contribution in [0.2, 0.25) is 0 Å². The van der Waals surface area contributed by atoms with Crippen molar-refractivity contribution < 1.29 is 14.3 Å². The predicted molar refractivity (Wildman–Crippen MR) is 82.9 cm³/mol. The Balaban J connectivity index is 3.11. The predicted octanol–water partition coefficient (Wildman–Crippen LogP) is 1.95. The summed E-state index contributed by atoms with van der Waals surface area (Å²) in [5, 5.41) is 2.95. The van der Waals surface area contributed by atoms with Gasteiger partial charge in [0.2, 0.25) is 11.8 Å². The van der Waals surface area contributed by atoms with E-state index >= 15 is 0 Å². The molecule has 1 aliphatic heterocycles. The fourth-order valence-corrected chi connectivity index (χ4v) is 2.98. The molecule has 1 atom stereocenters. The molecule has 1 unspecified atom stereocenters. The van der Waals surface area contributed by atoms with Gasteiger partial charge in [-0.3, -0.25) is 9.59 Å². The van der Waals surface area contributed by atoms with Gasteiger partial charge in [0.25, 0.3) is 0 Å². The second-order valence-electron chi connectivity index (χ2n) is 6.70. The summed E-state index contributed by atoms with van der Waals surface area (Å²) in [5.41, 5.74) is -1.04. The number of hydrogen-bond donors (Lipinski definition) is 1. The van der Waals surface area contributed by atoms with Crippen LogP contribution in [-0.4, -0.2) is 48.1 Å². The molecule has 0 aromatic carbocycles. The summed E-state index contributed by atoms with van der Waals surface area (Å²) in [6.07, 6.45) is 1.23. The second kappa shape index (κ2) is 6.77. The van der Waals surface area contributed by atoms with E-state index in [1.54, 1.807) is 4.90 Å². The van der Waals surface area contributed by atoms with Crippen LogP contribution in [0, 0.1) is 5.41 Å². The minimum absolute atomic E-state index is 0.00510. The number of hydrogen-bond acceptors (Lipinski definition) is 3. The minimum atomic E-state index is -0.740. The highest BCUT2D eigenvalue weighted by Gasteiger charge is 2.52. The van der Waals surface area contributed by atoms with E-state index in [4.69, 9.17) is 4.74 Å². The van der Waals surface area contributed by atoms with Crippen molar-refractivity contribution in [2.24, 2.45) is 5.41 Å². The Morgan fingerprint density at radius 2 is 1.76 bits per heavy atom. The Morgan fingerprint density at radius 1 is 1.19 bits per heavy atom. The van der Waals surface area contributed by atoms with Crippen LogP contribution in [0.1, 0.15) is 54.4 Å². The summed E-state index contributed by atoms with van der Waals surface area (Å²) in [5.74, 6) is -0.0333. The van der Waals surface area contributed by atoms with E-state index < -0.39 is 11.6 Å². The van der Waals surface area contributed by atoms with Crippen LogP contribution in [0.15, 0.2) is 0 Å². The monoisotopic (exact) mass is 298 g/mol. The molecule has 1 N–H and O–H groups in total. The quantitative estimate of drug-likeness (QED) is 0.763. The number of nitrogens with one attached hydrogen (secondary N) is 1. The van der Waals surface area contributed by atoms with Gasteiger partial charge >= 0.3 is 0 Å². The first kappa shape index (κ1) is 18.0. The van der Waals surface area contributed by atoms with Crippen LogP contribution in [0.4, 0.5) is 0 Å². The number of ether oxygens (including phenoxy) is 1. The minimum Gasteiger partial charge on any atom is -0.380 e. The lowest BCUT2D eigenvalue weighted by atomic mass is 9.79. The van der Waals surface area contributed by atoms with E-state index in [0.29, 0.717) is 32.6 Å². The number of carbonyl (C=O) groups is 2. The fourth-order valence-electron chi connectivity index (χ4n) is 2.98. The summed E-state index contributed by atoms with van der Waals surface area (Å²) in [6.45, 7) is 13.3. The molecule has 0 bridgehead atoms. The van der Waals surface area contributed by atoms with Gasteiger partial charge in [0, 0.05) is 13.2 Å². The molecule has 2 amide bonds. The largest absolute Gasteiger partial charge is 0.380 e. The van der Waals surface area contributed by atoms with Gasteiger partial charge in [-0.15, -0.1) is 0 Å². The Labute approximate surface area is 128 Å².